The number of carbonyl (C=O) groups excluding carboxylic acids is 2. The third-order valence-electron chi connectivity index (χ3n) is 5.02. The van der Waals surface area contributed by atoms with Crippen LogP contribution in [0.2, 0.25) is 0 Å². The highest BCUT2D eigenvalue weighted by Crippen LogP contribution is 2.11. The van der Waals surface area contributed by atoms with Crippen LogP contribution in [0.3, 0.4) is 0 Å². The molecule has 0 aliphatic carbocycles. The average Bonchev–Trinajstić information content (AvgIpc) is 2.84. The fraction of sp³-hybridized carbons (Fsp3) is 0.750. The van der Waals surface area contributed by atoms with Gasteiger partial charge in [-0.3, -0.25) is 14.6 Å². The number of pyridine rings is 1. The van der Waals surface area contributed by atoms with Crippen molar-refractivity contribution >= 4 is 56.9 Å². The molecular weight excluding hydrogens is 524 g/mol. The van der Waals surface area contributed by atoms with Gasteiger partial charge >= 0.3 is 0 Å². The summed E-state index contributed by atoms with van der Waals surface area (Å²) in [5.74, 6) is 0. The lowest BCUT2D eigenvalue weighted by molar-refractivity contribution is -0.112. The van der Waals surface area contributed by atoms with E-state index in [9.17, 15) is 9.59 Å². The Morgan fingerprint density at radius 3 is 1.03 bits per heavy atom. The first kappa shape index (κ1) is 39.2. The van der Waals surface area contributed by atoms with E-state index in [2.05, 4.69) is 18.8 Å². The van der Waals surface area contributed by atoms with Gasteiger partial charge in [-0.2, -0.15) is 0 Å². The van der Waals surface area contributed by atoms with Gasteiger partial charge in [0.2, 0.25) is 10.5 Å². The van der Waals surface area contributed by atoms with Gasteiger partial charge < -0.3 is 0 Å². The molecule has 0 aliphatic heterocycles. The molecule has 0 bridgehead atoms. The molecule has 3 nitrogen and oxygen atoms in total. The molecule has 1 aromatic rings. The molecule has 0 spiro atoms. The second-order valence-electron chi connectivity index (χ2n) is 8.29. The predicted molar refractivity (Wildman–Crippen MR) is 157 cm³/mol. The zero-order valence-electron chi connectivity index (χ0n) is 22.1. The molecule has 0 amide bonds. The number of aromatic nitrogens is 1. The van der Waals surface area contributed by atoms with Gasteiger partial charge in [-0.05, 0) is 48.2 Å². The Kier molecular flexibility index (Phi) is 42.7. The Morgan fingerprint density at radius 2 is 0.829 bits per heavy atom. The van der Waals surface area contributed by atoms with Crippen LogP contribution >= 0.6 is 46.4 Å². The summed E-state index contributed by atoms with van der Waals surface area (Å²) < 4.78 is 0. The van der Waals surface area contributed by atoms with Crippen molar-refractivity contribution in [3.05, 3.63) is 30.6 Å². The zero-order chi connectivity index (χ0) is 26.8. The smallest absolute Gasteiger partial charge is 0.221 e. The predicted octanol–water partition coefficient (Wildman–Crippen LogP) is 11.1. The van der Waals surface area contributed by atoms with E-state index in [0.29, 0.717) is 12.8 Å². The number of nitrogens with zero attached hydrogens (tertiary/aromatic N) is 1. The molecule has 1 rings (SSSR count). The fourth-order valence-electron chi connectivity index (χ4n) is 3.11. The van der Waals surface area contributed by atoms with E-state index in [0.717, 1.165) is 25.7 Å². The number of carbonyl (C=O) groups is 2. The number of hydrogen-bond acceptors (Lipinski definition) is 3. The first-order chi connectivity index (χ1) is 17.0. The molecule has 0 unspecified atom stereocenters. The lowest BCUT2D eigenvalue weighted by atomic mass is 10.1. The molecule has 1 heterocycles. The summed E-state index contributed by atoms with van der Waals surface area (Å²) in [7, 11) is 0. The van der Waals surface area contributed by atoms with E-state index in [1.165, 1.54) is 77.0 Å². The SMILES string of the molecule is CCCCCCCCCC(=O)Cl.CCCCCCCCCCCC(=O)Cl.ClCCl.c1ccncc1. The van der Waals surface area contributed by atoms with Crippen LogP contribution in [0.5, 0.6) is 0 Å². The molecular formula is C28H49Cl4NO2. The summed E-state index contributed by atoms with van der Waals surface area (Å²) in [6.07, 6.45) is 24.8. The molecule has 35 heavy (non-hydrogen) atoms. The van der Waals surface area contributed by atoms with Crippen molar-refractivity contribution in [2.24, 2.45) is 0 Å². The highest BCUT2D eigenvalue weighted by molar-refractivity contribution is 6.63. The lowest BCUT2D eigenvalue weighted by Gasteiger charge is -2.00. The minimum Gasteiger partial charge on any atom is -0.281 e. The van der Waals surface area contributed by atoms with Crippen LogP contribution in [0.15, 0.2) is 30.6 Å². The van der Waals surface area contributed by atoms with Crippen LogP contribution in [-0.2, 0) is 9.59 Å². The molecule has 0 aliphatic rings. The number of halogens is 4. The number of alkyl halides is 2. The molecule has 206 valence electrons. The van der Waals surface area contributed by atoms with Gasteiger partial charge in [-0.1, -0.05) is 110 Å². The van der Waals surface area contributed by atoms with E-state index in [-0.39, 0.29) is 15.8 Å². The summed E-state index contributed by atoms with van der Waals surface area (Å²) in [6.45, 7) is 4.45. The first-order valence-electron chi connectivity index (χ1n) is 13.3. The van der Waals surface area contributed by atoms with E-state index in [4.69, 9.17) is 46.4 Å². The molecule has 0 aromatic carbocycles. The normalized spacial score (nSPS) is 9.54. The lowest BCUT2D eigenvalue weighted by Crippen LogP contribution is -1.86. The van der Waals surface area contributed by atoms with Gasteiger partial charge in [0.1, 0.15) is 0 Å². The first-order valence-corrected chi connectivity index (χ1v) is 15.1. The Hall–Kier alpha value is -0.350. The van der Waals surface area contributed by atoms with E-state index in [1.54, 1.807) is 12.4 Å². The van der Waals surface area contributed by atoms with Crippen LogP contribution in [0, 0.1) is 0 Å². The molecule has 0 atom stereocenters. The minimum atomic E-state index is -0.191. The summed E-state index contributed by atoms with van der Waals surface area (Å²) in [5, 5.41) is -0.184. The van der Waals surface area contributed by atoms with Crippen LogP contribution < -0.4 is 0 Å². The van der Waals surface area contributed by atoms with Crippen molar-refractivity contribution in [2.75, 3.05) is 5.34 Å². The summed E-state index contributed by atoms with van der Waals surface area (Å²) >= 11 is 20.0. The Bertz CT molecular complexity index is 492. The molecule has 0 N–H and O–H groups in total. The highest BCUT2D eigenvalue weighted by Gasteiger charge is 1.96. The molecule has 0 fully saturated rings. The maximum atomic E-state index is 10.4. The van der Waals surface area contributed by atoms with Crippen LogP contribution in [-0.4, -0.2) is 20.8 Å². The van der Waals surface area contributed by atoms with Crippen molar-refractivity contribution in [3.63, 3.8) is 0 Å². The number of unbranched alkanes of at least 4 members (excludes halogenated alkanes) is 14. The topological polar surface area (TPSA) is 47.0 Å². The molecule has 0 saturated carbocycles. The Balaban J connectivity index is -0.000000437. The molecule has 0 saturated heterocycles. The second-order valence-corrected chi connectivity index (χ2v) is 9.94. The fourth-order valence-corrected chi connectivity index (χ4v) is 3.38. The average molecular weight is 574 g/mol. The summed E-state index contributed by atoms with van der Waals surface area (Å²) in [4.78, 5) is 24.5. The third-order valence-corrected chi connectivity index (χ3v) is 5.40. The van der Waals surface area contributed by atoms with Crippen LogP contribution in [0.1, 0.15) is 129 Å². The van der Waals surface area contributed by atoms with Crippen molar-refractivity contribution < 1.29 is 9.59 Å². The van der Waals surface area contributed by atoms with E-state index >= 15 is 0 Å². The Morgan fingerprint density at radius 1 is 0.543 bits per heavy atom. The number of rotatable bonds is 18. The molecule has 7 heteroatoms. The maximum Gasteiger partial charge on any atom is 0.221 e. The van der Waals surface area contributed by atoms with E-state index < -0.39 is 0 Å². The van der Waals surface area contributed by atoms with Crippen LogP contribution in [0.25, 0.3) is 0 Å². The van der Waals surface area contributed by atoms with Crippen molar-refractivity contribution in [1.29, 1.82) is 0 Å². The zero-order valence-corrected chi connectivity index (χ0v) is 25.1. The van der Waals surface area contributed by atoms with E-state index in [1.807, 2.05) is 18.2 Å². The quantitative estimate of drug-likeness (QED) is 0.0997. The largest absolute Gasteiger partial charge is 0.281 e. The van der Waals surface area contributed by atoms with Gasteiger partial charge in [0, 0.05) is 25.2 Å². The standard InChI is InChI=1S/C12H23ClO.C10H19ClO.C5H5N.CH2Cl2/c1-2-3-4-5-6-7-8-9-10-11-12(13)14;1-2-3-4-5-6-7-8-9-10(11)12;1-2-4-6-5-3-1;2-1-3/h2-11H2,1H3;2-9H2,1H3;1-5H;1H2. The van der Waals surface area contributed by atoms with Crippen molar-refractivity contribution in [1.82, 2.24) is 4.98 Å². The second kappa shape index (κ2) is 38.2. The summed E-state index contributed by atoms with van der Waals surface area (Å²) in [6, 6.07) is 5.72. The number of hydrogen-bond donors (Lipinski definition) is 0. The monoisotopic (exact) mass is 571 g/mol. The maximum absolute atomic E-state index is 10.4. The molecule has 1 aromatic heterocycles. The Labute approximate surface area is 236 Å². The summed E-state index contributed by atoms with van der Waals surface area (Å²) in [5.41, 5.74) is 0. The molecule has 0 radical (unpaired) electrons. The van der Waals surface area contributed by atoms with Gasteiger partial charge in [0.05, 0.1) is 5.34 Å². The van der Waals surface area contributed by atoms with Gasteiger partial charge in [0.15, 0.2) is 0 Å². The van der Waals surface area contributed by atoms with Crippen molar-refractivity contribution in [3.8, 4) is 0 Å². The van der Waals surface area contributed by atoms with Gasteiger partial charge in [-0.25, -0.2) is 0 Å². The highest BCUT2D eigenvalue weighted by atomic mass is 35.5. The third kappa shape index (κ3) is 51.2. The van der Waals surface area contributed by atoms with Gasteiger partial charge in [0.25, 0.3) is 0 Å². The van der Waals surface area contributed by atoms with Crippen molar-refractivity contribution in [2.45, 2.75) is 129 Å². The minimum absolute atomic E-state index is 0.187. The van der Waals surface area contributed by atoms with Crippen LogP contribution in [0.4, 0.5) is 0 Å². The van der Waals surface area contributed by atoms with Gasteiger partial charge in [-0.15, -0.1) is 23.2 Å².